The van der Waals surface area contributed by atoms with Crippen molar-refractivity contribution in [3.05, 3.63) is 69.2 Å². The van der Waals surface area contributed by atoms with Crippen molar-refractivity contribution in [1.29, 1.82) is 0 Å². The molecular formula is C20H17ClN4O7. The summed E-state index contributed by atoms with van der Waals surface area (Å²) in [5, 5.41) is 14.5. The minimum atomic E-state index is -0.868. The van der Waals surface area contributed by atoms with Gasteiger partial charge in [0.2, 0.25) is 5.91 Å². The lowest BCUT2D eigenvalue weighted by Gasteiger charge is -2.17. The molecule has 12 heteroatoms. The number of amides is 3. The Kier molecular flexibility index (Phi) is 7.00. The molecule has 0 saturated carbocycles. The molecule has 1 fully saturated rings. The maximum atomic E-state index is 12.3. The van der Waals surface area contributed by atoms with E-state index in [9.17, 15) is 29.3 Å². The summed E-state index contributed by atoms with van der Waals surface area (Å²) >= 11 is 5.94. The molecule has 32 heavy (non-hydrogen) atoms. The second-order valence-electron chi connectivity index (χ2n) is 6.79. The Bertz CT molecular complexity index is 1070. The minimum Gasteiger partial charge on any atom is -0.455 e. The predicted octanol–water partition coefficient (Wildman–Crippen LogP) is 1.92. The van der Waals surface area contributed by atoms with E-state index in [1.165, 1.54) is 12.1 Å². The first-order valence-corrected chi connectivity index (χ1v) is 9.69. The van der Waals surface area contributed by atoms with Gasteiger partial charge in [-0.05, 0) is 24.3 Å². The second-order valence-corrected chi connectivity index (χ2v) is 7.19. The van der Waals surface area contributed by atoms with Gasteiger partial charge in [0.1, 0.15) is 0 Å². The molecule has 0 radical (unpaired) electrons. The highest BCUT2D eigenvalue weighted by Gasteiger charge is 2.36. The largest absolute Gasteiger partial charge is 0.455 e. The van der Waals surface area contributed by atoms with E-state index in [0.29, 0.717) is 10.7 Å². The molecule has 1 atom stereocenters. The smallest absolute Gasteiger partial charge is 0.311 e. The van der Waals surface area contributed by atoms with Crippen LogP contribution in [0.15, 0.2) is 48.5 Å². The summed E-state index contributed by atoms with van der Waals surface area (Å²) in [5.41, 5.74) is 2.64. The number of nitro groups is 1. The highest BCUT2D eigenvalue weighted by Crippen LogP contribution is 2.21. The summed E-state index contributed by atoms with van der Waals surface area (Å²) in [5.74, 6) is -3.41. The summed E-state index contributed by atoms with van der Waals surface area (Å²) in [6.45, 7) is -0.702. The average Bonchev–Trinajstić information content (AvgIpc) is 3.14. The molecule has 2 N–H and O–H groups in total. The van der Waals surface area contributed by atoms with Crippen molar-refractivity contribution in [3.63, 3.8) is 0 Å². The Hall–Kier alpha value is -3.99. The normalized spacial score (nSPS) is 15.2. The second kappa shape index (κ2) is 9.88. The third-order valence-electron chi connectivity index (χ3n) is 4.53. The van der Waals surface area contributed by atoms with Crippen molar-refractivity contribution in [3.8, 4) is 0 Å². The molecule has 1 saturated heterocycles. The number of benzene rings is 2. The van der Waals surface area contributed by atoms with Crippen LogP contribution < -0.4 is 10.7 Å². The molecule has 0 unspecified atom stereocenters. The van der Waals surface area contributed by atoms with Gasteiger partial charge in [0.25, 0.3) is 17.5 Å². The molecule has 1 aliphatic rings. The van der Waals surface area contributed by atoms with E-state index in [1.54, 1.807) is 24.3 Å². The summed E-state index contributed by atoms with van der Waals surface area (Å²) < 4.78 is 4.97. The molecule has 2 aromatic carbocycles. The number of carbonyl (C=O) groups excluding carboxylic acids is 4. The number of para-hydroxylation sites is 1. The lowest BCUT2D eigenvalue weighted by molar-refractivity contribution is -0.384. The van der Waals surface area contributed by atoms with E-state index in [0.717, 1.165) is 17.1 Å². The van der Waals surface area contributed by atoms with Crippen LogP contribution >= 0.6 is 11.6 Å². The van der Waals surface area contributed by atoms with Gasteiger partial charge in [-0.25, -0.2) is 0 Å². The standard InChI is InChI=1S/C20H17ClN4O7/c21-15-3-1-2-4-16(15)22-17(26)11-32-20(29)13-9-18(27)24(10-13)23-19(28)12-5-7-14(8-6-12)25(30)31/h1-8,13H,9-11H2,(H,22,26)(H,23,28)/t13-/m1/s1. The SMILES string of the molecule is O=C(COC(=O)[C@@H]1CC(=O)N(NC(=O)c2ccc([N+](=O)[O-])cc2)C1)Nc1ccccc1Cl. The van der Waals surface area contributed by atoms with Gasteiger partial charge in [0.05, 0.1) is 28.1 Å². The van der Waals surface area contributed by atoms with Gasteiger partial charge in [-0.1, -0.05) is 23.7 Å². The van der Waals surface area contributed by atoms with Crippen LogP contribution in [0.2, 0.25) is 5.02 Å². The summed E-state index contributed by atoms with van der Waals surface area (Å²) in [6, 6.07) is 11.4. The zero-order valence-corrected chi connectivity index (χ0v) is 17.2. The Morgan fingerprint density at radius 3 is 2.50 bits per heavy atom. The minimum absolute atomic E-state index is 0.102. The molecule has 3 amide bonds. The first-order valence-electron chi connectivity index (χ1n) is 9.31. The van der Waals surface area contributed by atoms with Crippen molar-refractivity contribution in [2.24, 2.45) is 5.92 Å². The number of non-ortho nitro benzene ring substituents is 1. The number of carbonyl (C=O) groups is 4. The number of hydrogen-bond acceptors (Lipinski definition) is 7. The molecular weight excluding hydrogens is 444 g/mol. The lowest BCUT2D eigenvalue weighted by Crippen LogP contribution is -2.43. The zero-order chi connectivity index (χ0) is 23.3. The maximum Gasteiger partial charge on any atom is 0.311 e. The number of rotatable bonds is 7. The zero-order valence-electron chi connectivity index (χ0n) is 16.4. The molecule has 0 spiro atoms. The molecule has 3 rings (SSSR count). The fourth-order valence-electron chi connectivity index (χ4n) is 2.90. The van der Waals surface area contributed by atoms with Crippen LogP contribution in [-0.2, 0) is 19.1 Å². The molecule has 0 aromatic heterocycles. The Labute approximate surface area is 186 Å². The van der Waals surface area contributed by atoms with Crippen LogP contribution in [0.1, 0.15) is 16.8 Å². The quantitative estimate of drug-likeness (QED) is 0.364. The van der Waals surface area contributed by atoms with Gasteiger partial charge < -0.3 is 10.1 Å². The van der Waals surface area contributed by atoms with E-state index >= 15 is 0 Å². The van der Waals surface area contributed by atoms with Crippen LogP contribution in [0.3, 0.4) is 0 Å². The van der Waals surface area contributed by atoms with Crippen molar-refractivity contribution >= 4 is 46.7 Å². The Morgan fingerprint density at radius 1 is 1.16 bits per heavy atom. The number of hydrazine groups is 1. The van der Waals surface area contributed by atoms with Crippen LogP contribution in [0.4, 0.5) is 11.4 Å². The van der Waals surface area contributed by atoms with E-state index < -0.39 is 41.1 Å². The van der Waals surface area contributed by atoms with Crippen molar-refractivity contribution in [1.82, 2.24) is 10.4 Å². The number of esters is 1. The third-order valence-corrected chi connectivity index (χ3v) is 4.86. The molecule has 1 aliphatic heterocycles. The van der Waals surface area contributed by atoms with Crippen molar-refractivity contribution < 1.29 is 28.8 Å². The van der Waals surface area contributed by atoms with Gasteiger partial charge in [0, 0.05) is 24.1 Å². The van der Waals surface area contributed by atoms with Crippen molar-refractivity contribution in [2.45, 2.75) is 6.42 Å². The number of nitrogens with one attached hydrogen (secondary N) is 2. The predicted molar refractivity (Wildman–Crippen MR) is 111 cm³/mol. The van der Waals surface area contributed by atoms with Gasteiger partial charge >= 0.3 is 5.97 Å². The monoisotopic (exact) mass is 460 g/mol. The van der Waals surface area contributed by atoms with Crippen LogP contribution in [0.25, 0.3) is 0 Å². The van der Waals surface area contributed by atoms with E-state index in [1.807, 2.05) is 0 Å². The average molecular weight is 461 g/mol. The van der Waals surface area contributed by atoms with Gasteiger partial charge in [0.15, 0.2) is 6.61 Å². The third kappa shape index (κ3) is 5.58. The summed E-state index contributed by atoms with van der Waals surface area (Å²) in [7, 11) is 0. The van der Waals surface area contributed by atoms with Crippen molar-refractivity contribution in [2.75, 3.05) is 18.5 Å². The Balaban J connectivity index is 1.49. The summed E-state index contributed by atoms with van der Waals surface area (Å²) in [4.78, 5) is 58.7. The fraction of sp³-hybridized carbons (Fsp3) is 0.200. The van der Waals surface area contributed by atoms with Gasteiger partial charge in [-0.3, -0.25) is 39.7 Å². The maximum absolute atomic E-state index is 12.3. The molecule has 11 nitrogen and oxygen atoms in total. The van der Waals surface area contributed by atoms with Crippen LogP contribution in [-0.4, -0.2) is 46.8 Å². The van der Waals surface area contributed by atoms with E-state index in [4.69, 9.17) is 16.3 Å². The summed E-state index contributed by atoms with van der Waals surface area (Å²) in [6.07, 6.45) is -0.203. The number of nitrogens with zero attached hydrogens (tertiary/aromatic N) is 2. The number of anilines is 1. The van der Waals surface area contributed by atoms with Crippen LogP contribution in [0, 0.1) is 16.0 Å². The molecule has 166 valence electrons. The van der Waals surface area contributed by atoms with Gasteiger partial charge in [-0.15, -0.1) is 0 Å². The highest BCUT2D eigenvalue weighted by atomic mass is 35.5. The number of ether oxygens (including phenoxy) is 1. The number of nitro benzene ring substituents is 1. The lowest BCUT2D eigenvalue weighted by atomic mass is 10.1. The molecule has 1 heterocycles. The highest BCUT2D eigenvalue weighted by molar-refractivity contribution is 6.33. The van der Waals surface area contributed by atoms with E-state index in [2.05, 4.69) is 10.7 Å². The number of hydrogen-bond donors (Lipinski definition) is 2. The molecule has 2 aromatic rings. The molecule has 0 aliphatic carbocycles. The topological polar surface area (TPSA) is 148 Å². The Morgan fingerprint density at radius 2 is 1.84 bits per heavy atom. The fourth-order valence-corrected chi connectivity index (χ4v) is 3.08. The first-order chi connectivity index (χ1) is 15.2. The van der Waals surface area contributed by atoms with Gasteiger partial charge in [-0.2, -0.15) is 0 Å². The first kappa shape index (κ1) is 22.7. The molecule has 0 bridgehead atoms. The van der Waals surface area contributed by atoms with Crippen LogP contribution in [0.5, 0.6) is 0 Å². The van der Waals surface area contributed by atoms with E-state index in [-0.39, 0.29) is 24.2 Å². The number of halogens is 1.